The number of pyridine rings is 2. The van der Waals surface area contributed by atoms with Crippen LogP contribution in [0.3, 0.4) is 0 Å². The fraction of sp³-hybridized carbons (Fsp3) is 0.409. The van der Waals surface area contributed by atoms with Crippen molar-refractivity contribution in [2.75, 3.05) is 19.5 Å². The minimum atomic E-state index is -0.379. The Morgan fingerprint density at radius 3 is 2.55 bits per heavy atom. The zero-order chi connectivity index (χ0) is 23.4. The van der Waals surface area contributed by atoms with Crippen molar-refractivity contribution in [1.29, 1.82) is 0 Å². The molecule has 0 aliphatic heterocycles. The van der Waals surface area contributed by atoms with E-state index in [-0.39, 0.29) is 17.2 Å². The van der Waals surface area contributed by atoms with Gasteiger partial charge in [0.15, 0.2) is 0 Å². The van der Waals surface area contributed by atoms with Crippen LogP contribution in [0.1, 0.15) is 41.7 Å². The van der Waals surface area contributed by atoms with E-state index in [1.165, 1.54) is 30.8 Å². The SMILES string of the molecule is COc1cnc(Cl)cc1-c1cc(C)ncc1C(=O)Nc1nnc(O[C@H]2CC[C@H](OC)CC2)s1. The zero-order valence-electron chi connectivity index (χ0n) is 18.5. The number of halogens is 1. The fourth-order valence-corrected chi connectivity index (χ4v) is 4.57. The molecule has 11 heteroatoms. The molecule has 3 aromatic heterocycles. The summed E-state index contributed by atoms with van der Waals surface area (Å²) in [6, 6.07) is 3.45. The van der Waals surface area contributed by atoms with E-state index in [4.69, 9.17) is 25.8 Å². The molecule has 0 aromatic carbocycles. The van der Waals surface area contributed by atoms with Gasteiger partial charge in [0.05, 0.1) is 25.0 Å². The molecule has 1 N–H and O–H groups in total. The first-order valence-electron chi connectivity index (χ1n) is 10.5. The van der Waals surface area contributed by atoms with Gasteiger partial charge in [-0.15, -0.1) is 5.10 Å². The maximum Gasteiger partial charge on any atom is 0.296 e. The molecule has 0 saturated heterocycles. The first-order valence-corrected chi connectivity index (χ1v) is 11.7. The summed E-state index contributed by atoms with van der Waals surface area (Å²) in [6.07, 6.45) is 7.10. The molecule has 174 valence electrons. The highest BCUT2D eigenvalue weighted by molar-refractivity contribution is 7.17. The van der Waals surface area contributed by atoms with E-state index in [0.29, 0.717) is 38.9 Å². The molecule has 0 atom stereocenters. The maximum absolute atomic E-state index is 13.1. The van der Waals surface area contributed by atoms with Gasteiger partial charge in [-0.05, 0) is 56.1 Å². The van der Waals surface area contributed by atoms with Gasteiger partial charge in [0.2, 0.25) is 5.13 Å². The van der Waals surface area contributed by atoms with E-state index < -0.39 is 0 Å². The van der Waals surface area contributed by atoms with Gasteiger partial charge in [0.25, 0.3) is 11.1 Å². The molecular formula is C22H24ClN5O4S. The highest BCUT2D eigenvalue weighted by Crippen LogP contribution is 2.34. The van der Waals surface area contributed by atoms with Crippen LogP contribution in [-0.2, 0) is 4.74 Å². The number of aromatic nitrogens is 4. The molecular weight excluding hydrogens is 466 g/mol. The second kappa shape index (κ2) is 10.4. The molecule has 0 bridgehead atoms. The topological polar surface area (TPSA) is 108 Å². The quantitative estimate of drug-likeness (QED) is 0.481. The Bertz CT molecular complexity index is 1130. The second-order valence-electron chi connectivity index (χ2n) is 7.66. The van der Waals surface area contributed by atoms with Crippen molar-refractivity contribution in [3.63, 3.8) is 0 Å². The Hall–Kier alpha value is -2.82. The zero-order valence-corrected chi connectivity index (χ0v) is 20.1. The Labute approximate surface area is 200 Å². The van der Waals surface area contributed by atoms with E-state index in [1.54, 1.807) is 19.2 Å². The van der Waals surface area contributed by atoms with Crippen LogP contribution in [0.5, 0.6) is 10.9 Å². The van der Waals surface area contributed by atoms with Gasteiger partial charge in [-0.25, -0.2) is 4.98 Å². The summed E-state index contributed by atoms with van der Waals surface area (Å²) in [6.45, 7) is 1.84. The predicted molar refractivity (Wildman–Crippen MR) is 125 cm³/mol. The van der Waals surface area contributed by atoms with Crippen LogP contribution >= 0.6 is 22.9 Å². The second-order valence-corrected chi connectivity index (χ2v) is 8.99. The van der Waals surface area contributed by atoms with Gasteiger partial charge in [-0.2, -0.15) is 0 Å². The van der Waals surface area contributed by atoms with Crippen LogP contribution in [0.15, 0.2) is 24.5 Å². The van der Waals surface area contributed by atoms with Gasteiger partial charge >= 0.3 is 0 Å². The molecule has 1 aliphatic carbocycles. The lowest BCUT2D eigenvalue weighted by atomic mass is 9.95. The molecule has 0 unspecified atom stereocenters. The molecule has 1 aliphatic rings. The third kappa shape index (κ3) is 5.58. The van der Waals surface area contributed by atoms with Crippen LogP contribution in [-0.4, -0.2) is 52.5 Å². The molecule has 3 aromatic rings. The lowest BCUT2D eigenvalue weighted by Gasteiger charge is -2.26. The number of nitrogens with zero attached hydrogens (tertiary/aromatic N) is 4. The van der Waals surface area contributed by atoms with Crippen molar-refractivity contribution in [2.24, 2.45) is 0 Å². The Morgan fingerprint density at radius 1 is 1.06 bits per heavy atom. The van der Waals surface area contributed by atoms with Gasteiger partial charge in [0, 0.05) is 30.1 Å². The van der Waals surface area contributed by atoms with Crippen LogP contribution in [0.2, 0.25) is 5.15 Å². The molecule has 1 saturated carbocycles. The largest absolute Gasteiger partial charge is 0.494 e. The molecule has 1 fully saturated rings. The third-order valence-electron chi connectivity index (χ3n) is 5.48. The molecule has 4 rings (SSSR count). The summed E-state index contributed by atoms with van der Waals surface area (Å²) >= 11 is 7.29. The molecule has 33 heavy (non-hydrogen) atoms. The number of amides is 1. The van der Waals surface area contributed by atoms with Gasteiger partial charge in [0.1, 0.15) is 17.0 Å². The summed E-state index contributed by atoms with van der Waals surface area (Å²) in [5, 5.41) is 12.0. The highest BCUT2D eigenvalue weighted by atomic mass is 35.5. The molecule has 1 amide bonds. The van der Waals surface area contributed by atoms with E-state index in [0.717, 1.165) is 31.4 Å². The summed E-state index contributed by atoms with van der Waals surface area (Å²) in [4.78, 5) is 21.4. The van der Waals surface area contributed by atoms with Crippen molar-refractivity contribution in [2.45, 2.75) is 44.8 Å². The minimum absolute atomic E-state index is 0.0738. The van der Waals surface area contributed by atoms with Crippen LogP contribution in [0.25, 0.3) is 11.1 Å². The lowest BCUT2D eigenvalue weighted by molar-refractivity contribution is 0.0325. The number of carbonyl (C=O) groups is 1. The van der Waals surface area contributed by atoms with Crippen molar-refractivity contribution in [3.05, 3.63) is 40.9 Å². The van der Waals surface area contributed by atoms with E-state index in [1.807, 2.05) is 6.92 Å². The summed E-state index contributed by atoms with van der Waals surface area (Å²) in [7, 11) is 3.27. The number of hydrogen-bond donors (Lipinski definition) is 1. The number of hydrogen-bond acceptors (Lipinski definition) is 9. The minimum Gasteiger partial charge on any atom is -0.494 e. The maximum atomic E-state index is 13.1. The predicted octanol–water partition coefficient (Wildman–Crippen LogP) is 4.55. The van der Waals surface area contributed by atoms with Crippen LogP contribution in [0, 0.1) is 6.92 Å². The summed E-state index contributed by atoms with van der Waals surface area (Å²) in [5.74, 6) is 0.115. The summed E-state index contributed by atoms with van der Waals surface area (Å²) < 4.78 is 16.8. The Balaban J connectivity index is 1.51. The van der Waals surface area contributed by atoms with E-state index in [2.05, 4.69) is 25.5 Å². The van der Waals surface area contributed by atoms with Crippen molar-refractivity contribution in [3.8, 4) is 22.1 Å². The standard InChI is InChI=1S/C22H24ClN5O4S/c1-12-8-15(16-9-19(23)25-11-18(16)31-3)17(10-24-12)20(29)26-21-27-28-22(33-21)32-14-6-4-13(30-2)5-7-14/h8-11,13-14H,4-7H2,1-3H3,(H,26,27,29)/t13-,14-. The van der Waals surface area contributed by atoms with Crippen molar-refractivity contribution in [1.82, 2.24) is 20.2 Å². The van der Waals surface area contributed by atoms with Gasteiger partial charge in [-0.3, -0.25) is 15.1 Å². The first kappa shape index (κ1) is 23.3. The number of anilines is 1. The highest BCUT2D eigenvalue weighted by Gasteiger charge is 2.24. The lowest BCUT2D eigenvalue weighted by Crippen LogP contribution is -2.27. The van der Waals surface area contributed by atoms with Gasteiger partial charge in [-0.1, -0.05) is 16.7 Å². The molecule has 9 nitrogen and oxygen atoms in total. The number of methoxy groups -OCH3 is 2. The average Bonchev–Trinajstić information content (AvgIpc) is 3.25. The van der Waals surface area contributed by atoms with E-state index in [9.17, 15) is 4.79 Å². The molecule has 0 radical (unpaired) electrons. The number of aryl methyl sites for hydroxylation is 1. The monoisotopic (exact) mass is 489 g/mol. The van der Waals surface area contributed by atoms with Crippen molar-refractivity contribution < 1.29 is 19.0 Å². The molecule has 0 spiro atoms. The summed E-state index contributed by atoms with van der Waals surface area (Å²) in [5.41, 5.74) is 2.35. The van der Waals surface area contributed by atoms with Crippen LogP contribution < -0.4 is 14.8 Å². The number of ether oxygens (including phenoxy) is 3. The fourth-order valence-electron chi connectivity index (χ4n) is 3.75. The van der Waals surface area contributed by atoms with Crippen molar-refractivity contribution >= 4 is 34.0 Å². The Kier molecular flexibility index (Phi) is 7.36. The molecule has 3 heterocycles. The first-order chi connectivity index (χ1) is 16.0. The smallest absolute Gasteiger partial charge is 0.296 e. The normalized spacial score (nSPS) is 18.1. The average molecular weight is 490 g/mol. The Morgan fingerprint density at radius 2 is 1.82 bits per heavy atom. The number of nitrogens with one attached hydrogen (secondary N) is 1. The third-order valence-corrected chi connectivity index (χ3v) is 6.41. The van der Waals surface area contributed by atoms with Gasteiger partial charge < -0.3 is 14.2 Å². The number of carbonyl (C=O) groups excluding carboxylic acids is 1. The number of rotatable bonds is 7. The van der Waals surface area contributed by atoms with Crippen LogP contribution in [0.4, 0.5) is 5.13 Å². The van der Waals surface area contributed by atoms with E-state index >= 15 is 0 Å².